The zero-order chi connectivity index (χ0) is 13.3. The molecule has 1 fully saturated rings. The minimum Gasteiger partial charge on any atom is -0.368 e. The first-order valence-corrected chi connectivity index (χ1v) is 8.02. The topological polar surface area (TPSA) is 15.3 Å². The molecule has 2 rings (SSSR count). The van der Waals surface area contributed by atoms with Crippen molar-refractivity contribution in [3.8, 4) is 0 Å². The van der Waals surface area contributed by atoms with Gasteiger partial charge in [0.2, 0.25) is 0 Å². The quantitative estimate of drug-likeness (QED) is 0.855. The molecule has 1 atom stereocenters. The number of aryl methyl sites for hydroxylation is 1. The minimum atomic E-state index is 0.555. The number of benzene rings is 1. The maximum absolute atomic E-state index is 3.69. The van der Waals surface area contributed by atoms with Crippen molar-refractivity contribution >= 4 is 37.5 Å². The van der Waals surface area contributed by atoms with Crippen molar-refractivity contribution in [1.82, 2.24) is 5.32 Å². The highest BCUT2D eigenvalue weighted by atomic mass is 79.9. The molecule has 0 amide bonds. The fourth-order valence-corrected chi connectivity index (χ4v) is 4.48. The van der Waals surface area contributed by atoms with Crippen LogP contribution >= 0.6 is 31.9 Å². The third-order valence-electron chi connectivity index (χ3n) is 3.23. The molecule has 0 spiro atoms. The van der Waals surface area contributed by atoms with Crippen LogP contribution in [0.25, 0.3) is 0 Å². The van der Waals surface area contributed by atoms with Crippen LogP contribution in [0.5, 0.6) is 0 Å². The van der Waals surface area contributed by atoms with Gasteiger partial charge in [0.25, 0.3) is 0 Å². The first-order chi connectivity index (χ1) is 8.47. The Morgan fingerprint density at radius 1 is 1.28 bits per heavy atom. The average Bonchev–Trinajstić information content (AvgIpc) is 2.63. The van der Waals surface area contributed by atoms with Gasteiger partial charge in [-0.2, -0.15) is 0 Å². The molecule has 1 saturated heterocycles. The van der Waals surface area contributed by atoms with E-state index in [0.717, 1.165) is 13.1 Å². The Kier molecular flexibility index (Phi) is 4.73. The fourth-order valence-electron chi connectivity index (χ4n) is 2.57. The van der Waals surface area contributed by atoms with Crippen LogP contribution in [0, 0.1) is 6.92 Å². The monoisotopic (exact) mass is 374 g/mol. The van der Waals surface area contributed by atoms with Crippen LogP contribution in [0.2, 0.25) is 0 Å². The van der Waals surface area contributed by atoms with Crippen LogP contribution in [0.15, 0.2) is 21.1 Å². The van der Waals surface area contributed by atoms with Crippen molar-refractivity contribution in [1.29, 1.82) is 0 Å². The van der Waals surface area contributed by atoms with Gasteiger partial charge in [0.05, 0.1) is 5.69 Å². The van der Waals surface area contributed by atoms with Gasteiger partial charge in [-0.3, -0.25) is 0 Å². The normalized spacial score (nSPS) is 19.9. The van der Waals surface area contributed by atoms with E-state index in [0.29, 0.717) is 12.1 Å². The molecular weight excluding hydrogens is 356 g/mol. The molecule has 18 heavy (non-hydrogen) atoms. The lowest BCUT2D eigenvalue weighted by Gasteiger charge is -2.23. The molecule has 0 bridgehead atoms. The molecule has 1 aliphatic heterocycles. The van der Waals surface area contributed by atoms with Gasteiger partial charge in [0.1, 0.15) is 0 Å². The molecule has 1 unspecified atom stereocenters. The lowest BCUT2D eigenvalue weighted by molar-refractivity contribution is 0.492. The van der Waals surface area contributed by atoms with E-state index in [1.165, 1.54) is 26.6 Å². The van der Waals surface area contributed by atoms with Gasteiger partial charge < -0.3 is 10.2 Å². The second kappa shape index (κ2) is 5.93. The Hall–Kier alpha value is -0.0600. The van der Waals surface area contributed by atoms with Gasteiger partial charge in [0.15, 0.2) is 0 Å². The lowest BCUT2D eigenvalue weighted by Crippen LogP contribution is -2.37. The van der Waals surface area contributed by atoms with Crippen molar-refractivity contribution in [3.05, 3.63) is 26.6 Å². The number of rotatable bonds is 3. The molecule has 4 heteroatoms. The Balaban J connectivity index is 2.14. The molecule has 0 radical (unpaired) electrons. The lowest BCUT2D eigenvalue weighted by atomic mass is 10.2. The summed E-state index contributed by atoms with van der Waals surface area (Å²) in [7, 11) is 0. The number of anilines is 1. The van der Waals surface area contributed by atoms with Crippen molar-refractivity contribution in [2.75, 3.05) is 18.0 Å². The van der Waals surface area contributed by atoms with Crippen LogP contribution in [-0.4, -0.2) is 25.2 Å². The van der Waals surface area contributed by atoms with Gasteiger partial charge in [-0.05, 0) is 62.9 Å². The van der Waals surface area contributed by atoms with Crippen LogP contribution in [-0.2, 0) is 0 Å². The molecule has 100 valence electrons. The molecule has 0 aliphatic carbocycles. The number of hydrogen-bond acceptors (Lipinski definition) is 2. The Morgan fingerprint density at radius 2 is 1.89 bits per heavy atom. The van der Waals surface area contributed by atoms with Crippen LogP contribution in [0.1, 0.15) is 25.8 Å². The van der Waals surface area contributed by atoms with Crippen molar-refractivity contribution in [2.45, 2.75) is 39.3 Å². The van der Waals surface area contributed by atoms with E-state index in [1.807, 2.05) is 0 Å². The Morgan fingerprint density at radius 3 is 2.44 bits per heavy atom. The first-order valence-electron chi connectivity index (χ1n) is 6.44. The summed E-state index contributed by atoms with van der Waals surface area (Å²) in [4.78, 5) is 2.45. The van der Waals surface area contributed by atoms with E-state index >= 15 is 0 Å². The van der Waals surface area contributed by atoms with Crippen molar-refractivity contribution in [2.24, 2.45) is 0 Å². The van der Waals surface area contributed by atoms with Gasteiger partial charge in [-0.15, -0.1) is 0 Å². The molecule has 0 saturated carbocycles. The summed E-state index contributed by atoms with van der Waals surface area (Å²) in [5.41, 5.74) is 2.56. The molecule has 0 aromatic heterocycles. The average molecular weight is 376 g/mol. The summed E-state index contributed by atoms with van der Waals surface area (Å²) in [6.45, 7) is 8.73. The van der Waals surface area contributed by atoms with E-state index < -0.39 is 0 Å². The van der Waals surface area contributed by atoms with Crippen molar-refractivity contribution in [3.63, 3.8) is 0 Å². The van der Waals surface area contributed by atoms with E-state index in [-0.39, 0.29) is 0 Å². The third kappa shape index (κ3) is 3.28. The summed E-state index contributed by atoms with van der Waals surface area (Å²) in [6.07, 6.45) is 1.21. The molecule has 1 N–H and O–H groups in total. The smallest absolute Gasteiger partial charge is 0.0655 e. The Bertz CT molecular complexity index is 409. The molecular formula is C14H20Br2N2. The van der Waals surface area contributed by atoms with Crippen LogP contribution in [0.4, 0.5) is 5.69 Å². The van der Waals surface area contributed by atoms with E-state index in [9.17, 15) is 0 Å². The van der Waals surface area contributed by atoms with Crippen molar-refractivity contribution < 1.29 is 0 Å². The second-order valence-corrected chi connectivity index (χ2v) is 7.04. The third-order valence-corrected chi connectivity index (χ3v) is 4.44. The van der Waals surface area contributed by atoms with Gasteiger partial charge in [-0.25, -0.2) is 0 Å². The maximum Gasteiger partial charge on any atom is 0.0655 e. The van der Waals surface area contributed by atoms with E-state index in [4.69, 9.17) is 0 Å². The summed E-state index contributed by atoms with van der Waals surface area (Å²) >= 11 is 7.37. The largest absolute Gasteiger partial charge is 0.368 e. The first kappa shape index (κ1) is 14.4. The van der Waals surface area contributed by atoms with Gasteiger partial charge >= 0.3 is 0 Å². The maximum atomic E-state index is 3.69. The predicted octanol–water partition coefficient (Wildman–Crippen LogP) is 4.10. The zero-order valence-corrected chi connectivity index (χ0v) is 14.3. The SMILES string of the molecule is Cc1cc(Br)c(N2CCC(NC(C)C)C2)c(Br)c1. The van der Waals surface area contributed by atoms with E-state index in [2.05, 4.69) is 75.0 Å². The second-order valence-electron chi connectivity index (χ2n) is 5.33. The highest BCUT2D eigenvalue weighted by Crippen LogP contribution is 2.37. The highest BCUT2D eigenvalue weighted by molar-refractivity contribution is 9.11. The molecule has 2 nitrogen and oxygen atoms in total. The number of halogens is 2. The number of nitrogens with one attached hydrogen (secondary N) is 1. The summed E-state index contributed by atoms with van der Waals surface area (Å²) in [6, 6.07) is 5.53. The highest BCUT2D eigenvalue weighted by Gasteiger charge is 2.25. The summed E-state index contributed by atoms with van der Waals surface area (Å²) < 4.78 is 2.36. The van der Waals surface area contributed by atoms with E-state index in [1.54, 1.807) is 0 Å². The fraction of sp³-hybridized carbons (Fsp3) is 0.571. The molecule has 1 aromatic rings. The number of hydrogen-bond donors (Lipinski definition) is 1. The standard InChI is InChI=1S/C14H20Br2N2/c1-9(2)17-11-4-5-18(8-11)14-12(15)6-10(3)7-13(14)16/h6-7,9,11,17H,4-5,8H2,1-3H3. The minimum absolute atomic E-state index is 0.555. The predicted molar refractivity (Wildman–Crippen MR) is 85.5 cm³/mol. The molecule has 1 aliphatic rings. The number of nitrogens with zero attached hydrogens (tertiary/aromatic N) is 1. The van der Waals surface area contributed by atoms with Gasteiger partial charge in [0, 0.05) is 34.1 Å². The Labute approximate surface area is 126 Å². The zero-order valence-electron chi connectivity index (χ0n) is 11.1. The van der Waals surface area contributed by atoms with Crippen LogP contribution in [0.3, 0.4) is 0 Å². The molecule has 1 heterocycles. The van der Waals surface area contributed by atoms with Gasteiger partial charge in [-0.1, -0.05) is 13.8 Å². The summed E-state index contributed by atoms with van der Waals surface area (Å²) in [5.74, 6) is 0. The molecule has 1 aromatic carbocycles. The van der Waals surface area contributed by atoms with Crippen LogP contribution < -0.4 is 10.2 Å². The summed E-state index contributed by atoms with van der Waals surface area (Å²) in [5, 5.41) is 3.62.